The zero-order chi connectivity index (χ0) is 43.0. The number of anilines is 3. The van der Waals surface area contributed by atoms with Crippen LogP contribution in [0.4, 0.5) is 17.1 Å². The van der Waals surface area contributed by atoms with Crippen molar-refractivity contribution in [3.05, 3.63) is 260 Å². The van der Waals surface area contributed by atoms with E-state index in [0.29, 0.717) is 0 Å². The number of benzene rings is 10. The van der Waals surface area contributed by atoms with Crippen molar-refractivity contribution in [2.45, 2.75) is 19.3 Å². The molecule has 10 aromatic carbocycles. The van der Waals surface area contributed by atoms with Crippen LogP contribution in [0.3, 0.4) is 0 Å². The summed E-state index contributed by atoms with van der Waals surface area (Å²) in [6.45, 7) is 4.77. The Morgan fingerprint density at radius 1 is 0.281 bits per heavy atom. The molecule has 0 unspecified atom stereocenters. The van der Waals surface area contributed by atoms with E-state index in [0.717, 1.165) is 17.1 Å². The molecule has 0 N–H and O–H groups in total. The van der Waals surface area contributed by atoms with Gasteiger partial charge >= 0.3 is 0 Å². The number of nitrogens with zero attached hydrogens (tertiary/aromatic N) is 1. The third-order valence-electron chi connectivity index (χ3n) is 13.1. The lowest BCUT2D eigenvalue weighted by Gasteiger charge is -2.31. The lowest BCUT2D eigenvalue weighted by molar-refractivity contribution is 0.662. The average Bonchev–Trinajstić information content (AvgIpc) is 3.61. The Labute approximate surface area is 377 Å². The minimum atomic E-state index is -0.185. The monoisotopic (exact) mass is 817 g/mol. The smallest absolute Gasteiger partial charge is 0.0546 e. The van der Waals surface area contributed by atoms with Crippen molar-refractivity contribution in [3.63, 3.8) is 0 Å². The molecule has 1 aliphatic carbocycles. The first-order valence-corrected chi connectivity index (χ1v) is 22.3. The molecule has 0 amide bonds. The molecule has 0 atom stereocenters. The topological polar surface area (TPSA) is 3.24 Å². The van der Waals surface area contributed by atoms with Crippen molar-refractivity contribution < 1.29 is 0 Å². The standard InChI is InChI=1S/C63H47N/c1-63(2)59-34-16-15-30-54(59)56-32-18-33-57(62(56)63)55-31-19-35-60(61(55)49-26-13-6-14-27-49)64(51-29-17-28-50(42-51)45-22-9-4-10-23-45)52-40-41-53(58(43-52)47-24-11-5-12-25-47)48-38-36-46(37-39-48)44-20-7-3-8-21-44/h3-43H,1-2H3. The first-order valence-electron chi connectivity index (χ1n) is 22.3. The van der Waals surface area contributed by atoms with Crippen LogP contribution >= 0.6 is 0 Å². The molecule has 0 heterocycles. The predicted molar refractivity (Wildman–Crippen MR) is 271 cm³/mol. The SMILES string of the molecule is CC1(C)c2ccccc2-c2cccc(-c3cccc(N(c4cccc(-c5ccccc5)c4)c4ccc(-c5ccc(-c6ccccc6)cc5)c(-c5ccccc5)c4)c3-c3ccccc3)c21. The van der Waals surface area contributed by atoms with Gasteiger partial charge < -0.3 is 4.90 Å². The molecule has 1 aliphatic rings. The number of rotatable bonds is 9. The van der Waals surface area contributed by atoms with Crippen molar-refractivity contribution in [1.29, 1.82) is 0 Å². The van der Waals surface area contributed by atoms with Gasteiger partial charge in [-0.15, -0.1) is 0 Å². The Morgan fingerprint density at radius 2 is 0.734 bits per heavy atom. The maximum atomic E-state index is 2.48. The van der Waals surface area contributed by atoms with Crippen molar-refractivity contribution in [2.24, 2.45) is 0 Å². The van der Waals surface area contributed by atoms with Gasteiger partial charge in [-0.05, 0) is 114 Å². The van der Waals surface area contributed by atoms with Gasteiger partial charge in [0, 0.05) is 22.4 Å². The second-order valence-electron chi connectivity index (χ2n) is 17.3. The lowest BCUT2D eigenvalue weighted by atomic mass is 9.77. The number of fused-ring (bicyclic) bond motifs is 3. The number of hydrogen-bond donors (Lipinski definition) is 0. The largest absolute Gasteiger partial charge is 0.310 e. The van der Waals surface area contributed by atoms with E-state index in [1.54, 1.807) is 0 Å². The molecule has 0 saturated heterocycles. The van der Waals surface area contributed by atoms with Gasteiger partial charge in [0.2, 0.25) is 0 Å². The van der Waals surface area contributed by atoms with Gasteiger partial charge in [0.15, 0.2) is 0 Å². The Kier molecular flexibility index (Phi) is 9.94. The van der Waals surface area contributed by atoms with Crippen LogP contribution in [0.1, 0.15) is 25.0 Å². The van der Waals surface area contributed by atoms with Crippen LogP contribution < -0.4 is 4.90 Å². The number of hydrogen-bond acceptors (Lipinski definition) is 1. The van der Waals surface area contributed by atoms with Crippen LogP contribution in [0.15, 0.2) is 249 Å². The van der Waals surface area contributed by atoms with E-state index in [2.05, 4.69) is 267 Å². The normalized spacial score (nSPS) is 12.3. The third-order valence-corrected chi connectivity index (χ3v) is 13.1. The zero-order valence-electron chi connectivity index (χ0n) is 36.1. The summed E-state index contributed by atoms with van der Waals surface area (Å²) in [5, 5.41) is 0. The summed E-state index contributed by atoms with van der Waals surface area (Å²) >= 11 is 0. The van der Waals surface area contributed by atoms with E-state index in [1.807, 2.05) is 0 Å². The lowest BCUT2D eigenvalue weighted by Crippen LogP contribution is -2.16. The molecule has 64 heavy (non-hydrogen) atoms. The summed E-state index contributed by atoms with van der Waals surface area (Å²) in [6.07, 6.45) is 0. The molecule has 304 valence electrons. The summed E-state index contributed by atoms with van der Waals surface area (Å²) in [5.41, 5.74) is 22.8. The highest BCUT2D eigenvalue weighted by Crippen LogP contribution is 2.55. The van der Waals surface area contributed by atoms with Gasteiger partial charge in [0.25, 0.3) is 0 Å². The van der Waals surface area contributed by atoms with E-state index in [-0.39, 0.29) is 5.41 Å². The third kappa shape index (κ3) is 6.93. The van der Waals surface area contributed by atoms with Crippen LogP contribution in [0.2, 0.25) is 0 Å². The summed E-state index contributed by atoms with van der Waals surface area (Å²) < 4.78 is 0. The first kappa shape index (κ1) is 38.9. The fourth-order valence-corrected chi connectivity index (χ4v) is 10.1. The fourth-order valence-electron chi connectivity index (χ4n) is 10.1. The van der Waals surface area contributed by atoms with Crippen LogP contribution in [0.5, 0.6) is 0 Å². The highest BCUT2D eigenvalue weighted by molar-refractivity contribution is 6.01. The molecule has 10 aromatic rings. The fraction of sp³-hybridized carbons (Fsp3) is 0.0476. The molecule has 0 saturated carbocycles. The van der Waals surface area contributed by atoms with E-state index < -0.39 is 0 Å². The van der Waals surface area contributed by atoms with Gasteiger partial charge in [-0.2, -0.15) is 0 Å². The van der Waals surface area contributed by atoms with Crippen molar-refractivity contribution >= 4 is 17.1 Å². The molecule has 0 fully saturated rings. The summed E-state index contributed by atoms with van der Waals surface area (Å²) in [5.74, 6) is 0. The summed E-state index contributed by atoms with van der Waals surface area (Å²) in [4.78, 5) is 2.48. The zero-order valence-corrected chi connectivity index (χ0v) is 36.1. The molecule has 0 bridgehead atoms. The van der Waals surface area contributed by atoms with Crippen LogP contribution in [0, 0.1) is 0 Å². The minimum Gasteiger partial charge on any atom is -0.310 e. The van der Waals surface area contributed by atoms with E-state index >= 15 is 0 Å². The maximum absolute atomic E-state index is 2.48. The van der Waals surface area contributed by atoms with E-state index in [9.17, 15) is 0 Å². The van der Waals surface area contributed by atoms with Gasteiger partial charge in [-0.3, -0.25) is 0 Å². The Bertz CT molecular complexity index is 3260. The van der Waals surface area contributed by atoms with Crippen molar-refractivity contribution in [3.8, 4) is 77.9 Å². The highest BCUT2D eigenvalue weighted by atomic mass is 15.1. The van der Waals surface area contributed by atoms with E-state index in [1.165, 1.54) is 89.0 Å². The van der Waals surface area contributed by atoms with Crippen LogP contribution in [0.25, 0.3) is 77.9 Å². The Morgan fingerprint density at radius 3 is 1.42 bits per heavy atom. The van der Waals surface area contributed by atoms with Crippen molar-refractivity contribution in [1.82, 2.24) is 0 Å². The molecule has 0 radical (unpaired) electrons. The second kappa shape index (κ2) is 16.4. The molecule has 0 aromatic heterocycles. The molecule has 11 rings (SSSR count). The van der Waals surface area contributed by atoms with Crippen LogP contribution in [-0.4, -0.2) is 0 Å². The second-order valence-corrected chi connectivity index (χ2v) is 17.3. The van der Waals surface area contributed by atoms with Gasteiger partial charge in [0.1, 0.15) is 0 Å². The van der Waals surface area contributed by atoms with Crippen molar-refractivity contribution in [2.75, 3.05) is 4.90 Å². The van der Waals surface area contributed by atoms with E-state index in [4.69, 9.17) is 0 Å². The Balaban J connectivity index is 1.16. The highest BCUT2D eigenvalue weighted by Gasteiger charge is 2.38. The Hall–Kier alpha value is -8.00. The molecule has 0 aliphatic heterocycles. The molecule has 0 spiro atoms. The van der Waals surface area contributed by atoms with Gasteiger partial charge in [-0.1, -0.05) is 232 Å². The van der Waals surface area contributed by atoms with Crippen LogP contribution in [-0.2, 0) is 5.41 Å². The maximum Gasteiger partial charge on any atom is 0.0546 e. The van der Waals surface area contributed by atoms with Gasteiger partial charge in [0.05, 0.1) is 5.69 Å². The molecular weight excluding hydrogens is 771 g/mol. The first-order chi connectivity index (χ1) is 31.5. The molecule has 1 heteroatoms. The summed E-state index contributed by atoms with van der Waals surface area (Å²) in [7, 11) is 0. The quantitative estimate of drug-likeness (QED) is 0.140. The minimum absolute atomic E-state index is 0.185. The summed E-state index contributed by atoms with van der Waals surface area (Å²) in [6, 6.07) is 90.9. The predicted octanol–water partition coefficient (Wildman–Crippen LogP) is 17.5. The molecular formula is C63H47N. The average molecular weight is 818 g/mol. The molecule has 1 nitrogen and oxygen atoms in total. The van der Waals surface area contributed by atoms with Gasteiger partial charge in [-0.25, -0.2) is 0 Å².